The molecule has 3 aromatic rings. The summed E-state index contributed by atoms with van der Waals surface area (Å²) in [5.41, 5.74) is 4.09. The van der Waals surface area contributed by atoms with E-state index in [4.69, 9.17) is 0 Å². The summed E-state index contributed by atoms with van der Waals surface area (Å²) in [7, 11) is 0. The van der Waals surface area contributed by atoms with Gasteiger partial charge in [-0.15, -0.1) is 0 Å². The molecule has 0 aromatic heterocycles. The first-order valence-corrected chi connectivity index (χ1v) is 8.08. The third-order valence-electron chi connectivity index (χ3n) is 4.61. The Bertz CT molecular complexity index is 699. The molecule has 0 aliphatic carbocycles. The minimum Gasteiger partial charge on any atom is -0.289 e. The second-order valence-corrected chi connectivity index (χ2v) is 6.03. The van der Waals surface area contributed by atoms with Crippen molar-refractivity contribution in [1.82, 2.24) is 0 Å². The van der Waals surface area contributed by atoms with Crippen LogP contribution in [0.1, 0.15) is 47.9 Å². The molecular weight excluding hydrogens is 280 g/mol. The van der Waals surface area contributed by atoms with Crippen LogP contribution in [0.15, 0.2) is 78.9 Å². The van der Waals surface area contributed by atoms with Crippen LogP contribution >= 0.6 is 0 Å². The number of hydrogen-bond donors (Lipinski definition) is 0. The molecule has 1 nitrogen and oxygen atoms in total. The van der Waals surface area contributed by atoms with Crippen LogP contribution in [0.5, 0.6) is 5.75 Å². The Kier molecular flexibility index (Phi) is 4.47. The summed E-state index contributed by atoms with van der Waals surface area (Å²) in [6.07, 6.45) is 0. The highest BCUT2D eigenvalue weighted by Gasteiger charge is 2.20. The predicted molar refractivity (Wildman–Crippen MR) is 94.5 cm³/mol. The van der Waals surface area contributed by atoms with E-state index < -0.39 is 0 Å². The fraction of sp³-hybridized carbons (Fsp3) is 0.182. The predicted octanol–water partition coefficient (Wildman–Crippen LogP) is 6.13. The quantitative estimate of drug-likeness (QED) is 0.552. The Morgan fingerprint density at radius 3 is 1.35 bits per heavy atom. The molecule has 2 unspecified atom stereocenters. The van der Waals surface area contributed by atoms with Gasteiger partial charge in [0.2, 0.25) is 0 Å². The van der Waals surface area contributed by atoms with Crippen molar-refractivity contribution in [2.45, 2.75) is 25.7 Å². The zero-order chi connectivity index (χ0) is 16.2. The molecule has 0 bridgehead atoms. The maximum Gasteiger partial charge on any atom is 0.186 e. The van der Waals surface area contributed by atoms with E-state index in [1.54, 1.807) is 0 Å². The Labute approximate surface area is 138 Å². The Hall–Kier alpha value is -2.54. The molecule has 0 spiro atoms. The standard InChI is InChI=1S/C22H21O/c1-16(18-10-5-3-6-11-18)20-14-9-15-21(22(20)23)17(2)19-12-7-4-8-13-19/h3-17H,1-2H3. The molecule has 2 atom stereocenters. The zero-order valence-electron chi connectivity index (χ0n) is 13.6. The first-order valence-electron chi connectivity index (χ1n) is 8.08. The van der Waals surface area contributed by atoms with Gasteiger partial charge in [-0.1, -0.05) is 92.7 Å². The van der Waals surface area contributed by atoms with Gasteiger partial charge in [0.05, 0.1) is 0 Å². The third-order valence-corrected chi connectivity index (χ3v) is 4.61. The normalized spacial score (nSPS) is 13.5. The van der Waals surface area contributed by atoms with Crippen LogP contribution in [0.2, 0.25) is 0 Å². The van der Waals surface area contributed by atoms with Gasteiger partial charge < -0.3 is 0 Å². The molecule has 0 fully saturated rings. The van der Waals surface area contributed by atoms with Gasteiger partial charge in [-0.25, -0.2) is 0 Å². The largest absolute Gasteiger partial charge is 0.289 e. The van der Waals surface area contributed by atoms with Crippen LogP contribution in [-0.4, -0.2) is 0 Å². The van der Waals surface area contributed by atoms with E-state index in [0.29, 0.717) is 0 Å². The van der Waals surface area contributed by atoms with E-state index in [2.05, 4.69) is 38.1 Å². The molecule has 0 saturated heterocycles. The van der Waals surface area contributed by atoms with Crippen LogP contribution < -0.4 is 0 Å². The van der Waals surface area contributed by atoms with Crippen molar-refractivity contribution in [2.24, 2.45) is 0 Å². The second-order valence-electron chi connectivity index (χ2n) is 6.03. The van der Waals surface area contributed by atoms with Crippen molar-refractivity contribution in [2.75, 3.05) is 0 Å². The van der Waals surface area contributed by atoms with Crippen molar-refractivity contribution >= 4 is 0 Å². The van der Waals surface area contributed by atoms with Crippen LogP contribution in [0.4, 0.5) is 0 Å². The van der Waals surface area contributed by atoms with Crippen molar-refractivity contribution < 1.29 is 5.11 Å². The SMILES string of the molecule is CC(c1ccccc1)c1cccc(C(C)c2ccccc2)c1[O]. The molecule has 0 heterocycles. The van der Waals surface area contributed by atoms with Crippen molar-refractivity contribution in [1.29, 1.82) is 0 Å². The van der Waals surface area contributed by atoms with E-state index in [-0.39, 0.29) is 17.6 Å². The molecule has 115 valence electrons. The molecule has 3 aromatic carbocycles. The Morgan fingerprint density at radius 1 is 0.565 bits per heavy atom. The molecular formula is C22H21O. The highest BCUT2D eigenvalue weighted by Crippen LogP contribution is 2.38. The van der Waals surface area contributed by atoms with Gasteiger partial charge in [0.15, 0.2) is 5.75 Å². The molecule has 0 N–H and O–H groups in total. The lowest BCUT2D eigenvalue weighted by Crippen LogP contribution is -2.01. The summed E-state index contributed by atoms with van der Waals surface area (Å²) in [6.45, 7) is 4.20. The first kappa shape index (κ1) is 15.4. The molecule has 1 heteroatoms. The van der Waals surface area contributed by atoms with Crippen molar-refractivity contribution in [3.05, 3.63) is 101 Å². The first-order chi connectivity index (χ1) is 11.2. The van der Waals surface area contributed by atoms with E-state index in [1.165, 1.54) is 11.1 Å². The van der Waals surface area contributed by atoms with Gasteiger partial charge >= 0.3 is 0 Å². The van der Waals surface area contributed by atoms with E-state index in [1.807, 2.05) is 54.6 Å². The zero-order valence-corrected chi connectivity index (χ0v) is 13.6. The molecule has 0 amide bonds. The average Bonchev–Trinajstić information content (AvgIpc) is 2.62. The van der Waals surface area contributed by atoms with E-state index in [0.717, 1.165) is 11.1 Å². The van der Waals surface area contributed by atoms with Crippen LogP contribution in [0.3, 0.4) is 0 Å². The molecule has 1 radical (unpaired) electrons. The van der Waals surface area contributed by atoms with Crippen LogP contribution in [-0.2, 0) is 5.11 Å². The van der Waals surface area contributed by atoms with Crippen molar-refractivity contribution in [3.63, 3.8) is 0 Å². The number of rotatable bonds is 4. The van der Waals surface area contributed by atoms with Gasteiger partial charge in [-0.05, 0) is 11.1 Å². The van der Waals surface area contributed by atoms with Crippen molar-refractivity contribution in [3.8, 4) is 5.75 Å². The maximum absolute atomic E-state index is 13.0. The summed E-state index contributed by atoms with van der Waals surface area (Å²) in [4.78, 5) is 0. The lowest BCUT2D eigenvalue weighted by Gasteiger charge is -2.18. The van der Waals surface area contributed by atoms with Gasteiger partial charge in [-0.2, -0.15) is 0 Å². The molecule has 3 rings (SSSR count). The van der Waals surface area contributed by atoms with Gasteiger partial charge in [0.1, 0.15) is 0 Å². The maximum atomic E-state index is 13.0. The smallest absolute Gasteiger partial charge is 0.186 e. The highest BCUT2D eigenvalue weighted by atomic mass is 16.3. The lowest BCUT2D eigenvalue weighted by atomic mass is 9.86. The average molecular weight is 301 g/mol. The van der Waals surface area contributed by atoms with E-state index in [9.17, 15) is 5.11 Å². The molecule has 0 aliphatic heterocycles. The summed E-state index contributed by atoms with van der Waals surface area (Å²) in [6, 6.07) is 26.3. The third kappa shape index (κ3) is 3.14. The second kappa shape index (κ2) is 6.70. The Balaban J connectivity index is 1.99. The van der Waals surface area contributed by atoms with Crippen LogP contribution in [0.25, 0.3) is 0 Å². The van der Waals surface area contributed by atoms with Gasteiger partial charge in [0.25, 0.3) is 0 Å². The topological polar surface area (TPSA) is 19.9 Å². The van der Waals surface area contributed by atoms with Crippen LogP contribution in [0, 0.1) is 0 Å². The summed E-state index contributed by atoms with van der Waals surface area (Å²) < 4.78 is 0. The fourth-order valence-electron chi connectivity index (χ4n) is 3.10. The Morgan fingerprint density at radius 2 is 0.957 bits per heavy atom. The summed E-state index contributed by atoms with van der Waals surface area (Å²) in [5.74, 6) is 0.374. The summed E-state index contributed by atoms with van der Waals surface area (Å²) in [5, 5.41) is 13.0. The monoisotopic (exact) mass is 301 g/mol. The minimum atomic E-state index is 0.103. The fourth-order valence-corrected chi connectivity index (χ4v) is 3.10. The molecule has 0 aliphatic rings. The lowest BCUT2D eigenvalue weighted by molar-refractivity contribution is 0.342. The number of benzene rings is 3. The molecule has 0 saturated carbocycles. The summed E-state index contributed by atoms with van der Waals surface area (Å²) >= 11 is 0. The highest BCUT2D eigenvalue weighted by molar-refractivity contribution is 5.49. The van der Waals surface area contributed by atoms with E-state index >= 15 is 0 Å². The number of hydrogen-bond acceptors (Lipinski definition) is 0. The van der Waals surface area contributed by atoms with Gasteiger partial charge in [0, 0.05) is 23.0 Å². The van der Waals surface area contributed by atoms with Gasteiger partial charge in [-0.3, -0.25) is 5.11 Å². The number of para-hydroxylation sites is 1. The minimum absolute atomic E-state index is 0.103. The molecule has 23 heavy (non-hydrogen) atoms.